The number of aryl methyl sites for hydroxylation is 1. The van der Waals surface area contributed by atoms with Crippen molar-refractivity contribution in [3.63, 3.8) is 0 Å². The smallest absolute Gasteiger partial charge is 0.334 e. The molecule has 0 atom stereocenters. The van der Waals surface area contributed by atoms with Crippen LogP contribution in [0.5, 0.6) is 0 Å². The SMILES string of the molecule is Cn1cnc2cc(C(=O)NS(=O)(=O)CCCC(F)(F)F)ccc21. The van der Waals surface area contributed by atoms with Crippen molar-refractivity contribution in [3.05, 3.63) is 30.1 Å². The average Bonchev–Trinajstić information content (AvgIpc) is 2.77. The van der Waals surface area contributed by atoms with Gasteiger partial charge in [-0.2, -0.15) is 13.2 Å². The van der Waals surface area contributed by atoms with E-state index < -0.39 is 40.7 Å². The van der Waals surface area contributed by atoms with Gasteiger partial charge in [0.2, 0.25) is 10.0 Å². The number of nitrogens with zero attached hydrogens (tertiary/aromatic N) is 2. The molecular formula is C13H14F3N3O3S. The number of aromatic nitrogens is 2. The topological polar surface area (TPSA) is 81.1 Å². The van der Waals surface area contributed by atoms with Gasteiger partial charge in [0.15, 0.2) is 0 Å². The van der Waals surface area contributed by atoms with Crippen LogP contribution in [0, 0.1) is 0 Å². The largest absolute Gasteiger partial charge is 0.389 e. The Hall–Kier alpha value is -2.10. The molecule has 0 aliphatic heterocycles. The Morgan fingerprint density at radius 2 is 2.04 bits per heavy atom. The second-order valence-electron chi connectivity index (χ2n) is 5.03. The maximum Gasteiger partial charge on any atom is 0.389 e. The second kappa shape index (κ2) is 6.19. The fourth-order valence-corrected chi connectivity index (χ4v) is 3.02. The zero-order valence-corrected chi connectivity index (χ0v) is 12.9. The lowest BCUT2D eigenvalue weighted by atomic mass is 10.2. The molecule has 0 saturated carbocycles. The fourth-order valence-electron chi connectivity index (χ4n) is 1.99. The molecule has 0 aliphatic carbocycles. The van der Waals surface area contributed by atoms with Crippen LogP contribution in [0.3, 0.4) is 0 Å². The van der Waals surface area contributed by atoms with E-state index in [1.165, 1.54) is 12.1 Å². The number of hydrogen-bond donors (Lipinski definition) is 1. The number of halogens is 3. The van der Waals surface area contributed by atoms with E-state index >= 15 is 0 Å². The van der Waals surface area contributed by atoms with Crippen molar-refractivity contribution in [2.24, 2.45) is 7.05 Å². The van der Waals surface area contributed by atoms with Crippen LogP contribution in [0.25, 0.3) is 11.0 Å². The zero-order chi connectivity index (χ0) is 17.3. The number of rotatable bonds is 5. The molecule has 0 bridgehead atoms. The molecule has 0 unspecified atom stereocenters. The predicted octanol–water partition coefficient (Wildman–Crippen LogP) is 1.98. The van der Waals surface area contributed by atoms with Crippen LogP contribution in [0.4, 0.5) is 13.2 Å². The van der Waals surface area contributed by atoms with E-state index in [4.69, 9.17) is 0 Å². The molecule has 1 N–H and O–H groups in total. The maximum atomic E-state index is 12.0. The number of amides is 1. The highest BCUT2D eigenvalue weighted by molar-refractivity contribution is 7.90. The van der Waals surface area contributed by atoms with Crippen LogP contribution in [0.2, 0.25) is 0 Å². The Morgan fingerprint density at radius 1 is 1.35 bits per heavy atom. The molecule has 10 heteroatoms. The average molecular weight is 349 g/mol. The van der Waals surface area contributed by atoms with Crippen LogP contribution in [-0.2, 0) is 17.1 Å². The summed E-state index contributed by atoms with van der Waals surface area (Å²) in [6.45, 7) is 0. The lowest BCUT2D eigenvalue weighted by Crippen LogP contribution is -2.32. The first-order valence-electron chi connectivity index (χ1n) is 6.60. The number of fused-ring (bicyclic) bond motifs is 1. The minimum absolute atomic E-state index is 0.0654. The first-order valence-corrected chi connectivity index (χ1v) is 8.25. The van der Waals surface area contributed by atoms with Crippen LogP contribution in [-0.4, -0.2) is 35.8 Å². The highest BCUT2D eigenvalue weighted by Crippen LogP contribution is 2.21. The first kappa shape index (κ1) is 17.3. The minimum Gasteiger partial charge on any atom is -0.334 e. The number of hydrogen-bond acceptors (Lipinski definition) is 4. The van der Waals surface area contributed by atoms with Gasteiger partial charge in [-0.25, -0.2) is 18.1 Å². The fraction of sp³-hybridized carbons (Fsp3) is 0.385. The molecule has 2 aromatic rings. The number of sulfonamides is 1. The Balaban J connectivity index is 2.04. The van der Waals surface area contributed by atoms with E-state index in [2.05, 4.69) is 4.98 Å². The Morgan fingerprint density at radius 3 is 2.70 bits per heavy atom. The summed E-state index contributed by atoms with van der Waals surface area (Å²) in [6, 6.07) is 4.44. The molecule has 1 amide bonds. The summed E-state index contributed by atoms with van der Waals surface area (Å²) >= 11 is 0. The Kier molecular flexibility index (Phi) is 4.64. The summed E-state index contributed by atoms with van der Waals surface area (Å²) in [5, 5.41) is 0. The summed E-state index contributed by atoms with van der Waals surface area (Å²) in [5.74, 6) is -1.67. The van der Waals surface area contributed by atoms with Gasteiger partial charge in [0.25, 0.3) is 5.91 Å². The molecule has 1 aromatic heterocycles. The molecule has 2 rings (SSSR count). The quantitative estimate of drug-likeness (QED) is 0.895. The van der Waals surface area contributed by atoms with Crippen molar-refractivity contribution in [2.75, 3.05) is 5.75 Å². The minimum atomic E-state index is -4.43. The molecule has 126 valence electrons. The number of carbonyl (C=O) groups excluding carboxylic acids is 1. The van der Waals surface area contributed by atoms with Gasteiger partial charge in [-0.1, -0.05) is 0 Å². The molecule has 0 aliphatic rings. The number of alkyl halides is 3. The van der Waals surface area contributed by atoms with Gasteiger partial charge in [-0.3, -0.25) is 4.79 Å². The predicted molar refractivity (Wildman–Crippen MR) is 77.3 cm³/mol. The summed E-state index contributed by atoms with van der Waals surface area (Å²) < 4.78 is 62.8. The van der Waals surface area contributed by atoms with Crippen LogP contribution < -0.4 is 4.72 Å². The molecular weight excluding hydrogens is 335 g/mol. The Labute approximate surface area is 130 Å². The van der Waals surface area contributed by atoms with E-state index in [0.717, 1.165) is 5.52 Å². The van der Waals surface area contributed by atoms with Gasteiger partial charge in [-0.15, -0.1) is 0 Å². The molecule has 1 heterocycles. The molecule has 0 fully saturated rings. The highest BCUT2D eigenvalue weighted by Gasteiger charge is 2.28. The third-order valence-corrected chi connectivity index (χ3v) is 4.43. The normalized spacial score (nSPS) is 12.5. The summed E-state index contributed by atoms with van der Waals surface area (Å²) in [4.78, 5) is 16.0. The molecule has 0 radical (unpaired) electrons. The Bertz CT molecular complexity index is 828. The van der Waals surface area contributed by atoms with E-state index in [1.807, 2.05) is 0 Å². The van der Waals surface area contributed by atoms with Crippen LogP contribution in [0.1, 0.15) is 23.2 Å². The van der Waals surface area contributed by atoms with E-state index in [-0.39, 0.29) is 5.56 Å². The molecule has 1 aromatic carbocycles. The van der Waals surface area contributed by atoms with Gasteiger partial charge in [-0.05, 0) is 24.6 Å². The zero-order valence-electron chi connectivity index (χ0n) is 12.1. The lowest BCUT2D eigenvalue weighted by molar-refractivity contribution is -0.134. The van der Waals surface area contributed by atoms with E-state index in [1.54, 1.807) is 28.7 Å². The summed E-state index contributed by atoms with van der Waals surface area (Å²) in [6.07, 6.45) is -4.71. The van der Waals surface area contributed by atoms with Gasteiger partial charge < -0.3 is 4.57 Å². The summed E-state index contributed by atoms with van der Waals surface area (Å²) in [7, 11) is -2.36. The first-order chi connectivity index (χ1) is 10.6. The lowest BCUT2D eigenvalue weighted by Gasteiger charge is -2.08. The van der Waals surface area contributed by atoms with Crippen LogP contribution in [0.15, 0.2) is 24.5 Å². The third-order valence-electron chi connectivity index (χ3n) is 3.11. The maximum absolute atomic E-state index is 12.0. The van der Waals surface area contributed by atoms with Gasteiger partial charge >= 0.3 is 6.18 Å². The van der Waals surface area contributed by atoms with Crippen molar-refractivity contribution in [1.29, 1.82) is 0 Å². The number of imidazole rings is 1. The molecule has 23 heavy (non-hydrogen) atoms. The molecule has 6 nitrogen and oxygen atoms in total. The van der Waals surface area contributed by atoms with E-state index in [9.17, 15) is 26.4 Å². The molecule has 0 spiro atoms. The van der Waals surface area contributed by atoms with Crippen molar-refractivity contribution >= 4 is 27.0 Å². The van der Waals surface area contributed by atoms with Crippen LogP contribution >= 0.6 is 0 Å². The number of benzene rings is 1. The van der Waals surface area contributed by atoms with Crippen molar-refractivity contribution in [2.45, 2.75) is 19.0 Å². The van der Waals surface area contributed by atoms with E-state index in [0.29, 0.717) is 5.52 Å². The van der Waals surface area contributed by atoms with Gasteiger partial charge in [0, 0.05) is 19.0 Å². The van der Waals surface area contributed by atoms with Crippen molar-refractivity contribution in [3.8, 4) is 0 Å². The highest BCUT2D eigenvalue weighted by atomic mass is 32.2. The third kappa shape index (κ3) is 4.68. The summed E-state index contributed by atoms with van der Waals surface area (Å²) in [5.41, 5.74) is 1.33. The number of nitrogens with one attached hydrogen (secondary N) is 1. The monoisotopic (exact) mass is 349 g/mol. The molecule has 0 saturated heterocycles. The van der Waals surface area contributed by atoms with Crippen molar-refractivity contribution in [1.82, 2.24) is 14.3 Å². The standard InChI is InChI=1S/C13H14F3N3O3S/c1-19-8-17-10-7-9(3-4-11(10)19)12(20)18-23(21,22)6-2-5-13(14,15)16/h3-4,7-8H,2,5-6H2,1H3,(H,18,20). The van der Waals surface area contributed by atoms with Gasteiger partial charge in [0.1, 0.15) is 0 Å². The van der Waals surface area contributed by atoms with Gasteiger partial charge in [0.05, 0.1) is 23.1 Å². The number of carbonyl (C=O) groups is 1. The van der Waals surface area contributed by atoms with Crippen molar-refractivity contribution < 1.29 is 26.4 Å². The second-order valence-corrected chi connectivity index (χ2v) is 6.87.